The summed E-state index contributed by atoms with van der Waals surface area (Å²) in [6.07, 6.45) is 1.64. The average molecular weight is 355 g/mol. The Morgan fingerprint density at radius 3 is 2.76 bits per heavy atom. The molecule has 2 aromatic heterocycles. The first kappa shape index (κ1) is 17.4. The molecule has 0 saturated heterocycles. The molecule has 130 valence electrons. The Hall–Kier alpha value is -2.44. The molecule has 5 nitrogen and oxygen atoms in total. The van der Waals surface area contributed by atoms with Gasteiger partial charge in [0.25, 0.3) is 11.5 Å². The summed E-state index contributed by atoms with van der Waals surface area (Å²) in [6, 6.07) is 11.5. The molecule has 1 unspecified atom stereocenters. The lowest BCUT2D eigenvalue weighted by Crippen LogP contribution is -2.37. The number of pyridine rings is 1. The van der Waals surface area contributed by atoms with Gasteiger partial charge in [0.1, 0.15) is 5.56 Å². The van der Waals surface area contributed by atoms with Crippen molar-refractivity contribution < 1.29 is 4.79 Å². The van der Waals surface area contributed by atoms with E-state index in [0.717, 1.165) is 0 Å². The third-order valence-corrected chi connectivity index (χ3v) is 5.30. The van der Waals surface area contributed by atoms with E-state index in [4.69, 9.17) is 0 Å². The second kappa shape index (κ2) is 7.21. The number of carbonyl (C=O) groups is 1. The van der Waals surface area contributed by atoms with E-state index in [2.05, 4.69) is 27.7 Å². The molecule has 0 aliphatic heterocycles. The Balaban J connectivity index is 1.82. The molecule has 0 aliphatic rings. The lowest BCUT2D eigenvalue weighted by Gasteiger charge is -2.24. The standard InChI is InChI=1S/C19H21N3O2S/c1-21(2)16(15-12-25-17-9-5-4-7-13(15)17)11-20-18(23)14-8-6-10-22(3)19(14)24/h4-10,12,16H,11H2,1-3H3,(H,20,23). The number of thiophene rings is 1. The van der Waals surface area contributed by atoms with Gasteiger partial charge in [0.15, 0.2) is 0 Å². The third kappa shape index (κ3) is 3.50. The van der Waals surface area contributed by atoms with E-state index >= 15 is 0 Å². The van der Waals surface area contributed by atoms with Crippen LogP contribution in [0, 0.1) is 0 Å². The van der Waals surface area contributed by atoms with Gasteiger partial charge in [0.05, 0.1) is 6.04 Å². The Morgan fingerprint density at radius 1 is 1.24 bits per heavy atom. The number of aromatic nitrogens is 1. The Morgan fingerprint density at radius 2 is 2.00 bits per heavy atom. The normalized spacial score (nSPS) is 12.5. The maximum atomic E-state index is 12.4. The van der Waals surface area contributed by atoms with E-state index in [-0.39, 0.29) is 23.1 Å². The van der Waals surface area contributed by atoms with Crippen LogP contribution in [0.2, 0.25) is 0 Å². The predicted molar refractivity (Wildman–Crippen MR) is 102 cm³/mol. The number of benzene rings is 1. The summed E-state index contributed by atoms with van der Waals surface area (Å²) < 4.78 is 2.64. The molecule has 0 bridgehead atoms. The van der Waals surface area contributed by atoms with Crippen molar-refractivity contribution >= 4 is 27.3 Å². The van der Waals surface area contributed by atoms with E-state index in [1.54, 1.807) is 36.7 Å². The fraction of sp³-hybridized carbons (Fsp3) is 0.263. The van der Waals surface area contributed by atoms with Crippen LogP contribution in [-0.4, -0.2) is 36.0 Å². The maximum absolute atomic E-state index is 12.4. The average Bonchev–Trinajstić information content (AvgIpc) is 3.01. The minimum Gasteiger partial charge on any atom is -0.350 e. The summed E-state index contributed by atoms with van der Waals surface area (Å²) in [5.41, 5.74) is 1.06. The number of carbonyl (C=O) groups excluding carboxylic acids is 1. The zero-order valence-electron chi connectivity index (χ0n) is 14.5. The topological polar surface area (TPSA) is 54.3 Å². The van der Waals surface area contributed by atoms with Crippen molar-refractivity contribution in [3.8, 4) is 0 Å². The lowest BCUT2D eigenvalue weighted by atomic mass is 10.0. The van der Waals surface area contributed by atoms with Crippen molar-refractivity contribution in [1.82, 2.24) is 14.8 Å². The summed E-state index contributed by atoms with van der Waals surface area (Å²) in [7, 11) is 5.62. The third-order valence-electron chi connectivity index (χ3n) is 4.32. The second-order valence-corrected chi connectivity index (χ2v) is 7.13. The monoisotopic (exact) mass is 355 g/mol. The largest absolute Gasteiger partial charge is 0.350 e. The number of likely N-dealkylation sites (N-methyl/N-ethyl adjacent to an activating group) is 1. The zero-order chi connectivity index (χ0) is 18.0. The van der Waals surface area contributed by atoms with Gasteiger partial charge in [-0.15, -0.1) is 11.3 Å². The molecule has 1 aromatic carbocycles. The lowest BCUT2D eigenvalue weighted by molar-refractivity contribution is 0.0940. The Kier molecular flexibility index (Phi) is 5.01. The quantitative estimate of drug-likeness (QED) is 0.765. The molecule has 3 aromatic rings. The number of fused-ring (bicyclic) bond motifs is 1. The van der Waals surface area contributed by atoms with Crippen molar-refractivity contribution in [1.29, 1.82) is 0 Å². The molecule has 2 heterocycles. The van der Waals surface area contributed by atoms with Crippen LogP contribution in [0.3, 0.4) is 0 Å². The fourth-order valence-corrected chi connectivity index (χ4v) is 3.89. The van der Waals surface area contributed by atoms with Gasteiger partial charge in [-0.3, -0.25) is 9.59 Å². The van der Waals surface area contributed by atoms with E-state index in [1.165, 1.54) is 20.2 Å². The second-order valence-electron chi connectivity index (χ2n) is 6.21. The molecule has 0 radical (unpaired) electrons. The highest BCUT2D eigenvalue weighted by Crippen LogP contribution is 2.31. The van der Waals surface area contributed by atoms with Gasteiger partial charge in [0.2, 0.25) is 0 Å². The number of rotatable bonds is 5. The van der Waals surface area contributed by atoms with Crippen LogP contribution in [0.15, 0.2) is 52.8 Å². The first-order valence-corrected chi connectivity index (χ1v) is 8.93. The van der Waals surface area contributed by atoms with Gasteiger partial charge >= 0.3 is 0 Å². The number of aryl methyl sites for hydroxylation is 1. The van der Waals surface area contributed by atoms with Crippen LogP contribution in [0.4, 0.5) is 0 Å². The summed E-state index contributed by atoms with van der Waals surface area (Å²) in [5.74, 6) is -0.340. The number of amides is 1. The van der Waals surface area contributed by atoms with Gasteiger partial charge in [-0.2, -0.15) is 0 Å². The SMILES string of the molecule is CN(C)C(CNC(=O)c1cccn(C)c1=O)c1csc2ccccc12. The molecular weight excluding hydrogens is 334 g/mol. The van der Waals surface area contributed by atoms with Gasteiger partial charge in [0, 0.05) is 24.5 Å². The van der Waals surface area contributed by atoms with Crippen molar-refractivity contribution in [2.24, 2.45) is 7.05 Å². The zero-order valence-corrected chi connectivity index (χ0v) is 15.3. The number of nitrogens with zero attached hydrogens (tertiary/aromatic N) is 2. The number of nitrogens with one attached hydrogen (secondary N) is 1. The van der Waals surface area contributed by atoms with E-state index in [9.17, 15) is 9.59 Å². The number of hydrogen-bond donors (Lipinski definition) is 1. The molecule has 3 rings (SSSR count). The highest BCUT2D eigenvalue weighted by molar-refractivity contribution is 7.17. The van der Waals surface area contributed by atoms with Gasteiger partial charge in [-0.1, -0.05) is 18.2 Å². The molecule has 1 atom stereocenters. The summed E-state index contributed by atoms with van der Waals surface area (Å²) in [5, 5.41) is 6.26. The smallest absolute Gasteiger partial charge is 0.263 e. The van der Waals surface area contributed by atoms with E-state index < -0.39 is 0 Å². The van der Waals surface area contributed by atoms with Crippen LogP contribution >= 0.6 is 11.3 Å². The van der Waals surface area contributed by atoms with Gasteiger partial charge in [-0.05, 0) is 48.6 Å². The highest BCUT2D eigenvalue weighted by Gasteiger charge is 2.20. The van der Waals surface area contributed by atoms with E-state index in [0.29, 0.717) is 6.54 Å². The van der Waals surface area contributed by atoms with Gasteiger partial charge < -0.3 is 14.8 Å². The van der Waals surface area contributed by atoms with Crippen molar-refractivity contribution in [2.75, 3.05) is 20.6 Å². The molecule has 6 heteroatoms. The Bertz CT molecular complexity index is 958. The minimum atomic E-state index is -0.340. The Labute approximate surface area is 150 Å². The predicted octanol–water partition coefficient (Wildman–Crippen LogP) is 2.63. The summed E-state index contributed by atoms with van der Waals surface area (Å²) in [4.78, 5) is 26.6. The van der Waals surface area contributed by atoms with Gasteiger partial charge in [-0.25, -0.2) is 0 Å². The fourth-order valence-electron chi connectivity index (χ4n) is 2.88. The molecule has 0 aliphatic carbocycles. The summed E-state index contributed by atoms with van der Waals surface area (Å²) >= 11 is 1.70. The van der Waals surface area contributed by atoms with Crippen LogP contribution in [0.5, 0.6) is 0 Å². The number of hydrogen-bond acceptors (Lipinski definition) is 4. The molecular formula is C19H21N3O2S. The van der Waals surface area contributed by atoms with Crippen LogP contribution in [0.1, 0.15) is 22.0 Å². The maximum Gasteiger partial charge on any atom is 0.263 e. The van der Waals surface area contributed by atoms with Crippen LogP contribution in [0.25, 0.3) is 10.1 Å². The molecule has 0 saturated carbocycles. The first-order valence-electron chi connectivity index (χ1n) is 8.05. The van der Waals surface area contributed by atoms with Crippen molar-refractivity contribution in [3.05, 3.63) is 69.5 Å². The minimum absolute atomic E-state index is 0.0349. The highest BCUT2D eigenvalue weighted by atomic mass is 32.1. The molecule has 25 heavy (non-hydrogen) atoms. The van der Waals surface area contributed by atoms with Crippen LogP contribution in [-0.2, 0) is 7.05 Å². The molecule has 0 spiro atoms. The van der Waals surface area contributed by atoms with Crippen molar-refractivity contribution in [2.45, 2.75) is 6.04 Å². The van der Waals surface area contributed by atoms with Crippen LogP contribution < -0.4 is 10.9 Å². The molecule has 1 N–H and O–H groups in total. The molecule has 0 fully saturated rings. The molecule has 1 amide bonds. The summed E-state index contributed by atoms with van der Waals surface area (Å²) in [6.45, 7) is 0.435. The van der Waals surface area contributed by atoms with E-state index in [1.807, 2.05) is 26.2 Å². The first-order chi connectivity index (χ1) is 12.0. The van der Waals surface area contributed by atoms with Crippen molar-refractivity contribution in [3.63, 3.8) is 0 Å².